The molecular weight excluding hydrogens is 268 g/mol. The minimum absolute atomic E-state index is 0.00787. The number of nitrogens with one attached hydrogen (secondary N) is 2. The number of hydrogen-bond donors (Lipinski definition) is 2. The van der Waals surface area contributed by atoms with Crippen LogP contribution in [0.2, 0.25) is 0 Å². The second kappa shape index (κ2) is 5.37. The van der Waals surface area contributed by atoms with E-state index in [0.29, 0.717) is 11.1 Å². The third kappa shape index (κ3) is 2.71. The normalized spacial score (nSPS) is 17.2. The summed E-state index contributed by atoms with van der Waals surface area (Å²) >= 11 is 0. The fourth-order valence-electron chi connectivity index (χ4n) is 2.92. The zero-order valence-corrected chi connectivity index (χ0v) is 12.3. The fraction of sp³-hybridized carbons (Fsp3) is 0.467. The van der Waals surface area contributed by atoms with Crippen LogP contribution < -0.4 is 5.69 Å². The van der Waals surface area contributed by atoms with Crippen molar-refractivity contribution in [2.24, 2.45) is 0 Å². The number of hydrogen-bond acceptors (Lipinski definition) is 3. The Morgan fingerprint density at radius 3 is 2.62 bits per heavy atom. The summed E-state index contributed by atoms with van der Waals surface area (Å²) in [5.74, 6) is 0.00787. The summed E-state index contributed by atoms with van der Waals surface area (Å²) in [6.45, 7) is 2.04. The summed E-state index contributed by atoms with van der Waals surface area (Å²) in [4.78, 5) is 33.3. The Morgan fingerprint density at radius 2 is 1.90 bits per heavy atom. The van der Waals surface area contributed by atoms with Crippen molar-refractivity contribution < 1.29 is 4.79 Å². The quantitative estimate of drug-likeness (QED) is 0.866. The summed E-state index contributed by atoms with van der Waals surface area (Å²) in [6, 6.07) is 5.55. The van der Waals surface area contributed by atoms with Crippen LogP contribution in [0.5, 0.6) is 0 Å². The van der Waals surface area contributed by atoms with Gasteiger partial charge in [-0.25, -0.2) is 4.79 Å². The number of nitrogens with zero attached hydrogens (tertiary/aromatic N) is 2. The number of likely N-dealkylation sites (tertiary alicyclic amines) is 1. The number of carbonyl (C=O) groups excluding carboxylic acids is 1. The van der Waals surface area contributed by atoms with Crippen LogP contribution in [0.1, 0.15) is 23.2 Å². The highest BCUT2D eigenvalue weighted by Gasteiger charge is 2.24. The molecule has 1 fully saturated rings. The van der Waals surface area contributed by atoms with Crippen molar-refractivity contribution in [2.45, 2.75) is 18.9 Å². The Bertz CT molecular complexity index is 710. The molecule has 21 heavy (non-hydrogen) atoms. The third-order valence-electron chi connectivity index (χ3n) is 4.32. The van der Waals surface area contributed by atoms with Gasteiger partial charge in [-0.3, -0.25) is 4.79 Å². The van der Waals surface area contributed by atoms with Gasteiger partial charge >= 0.3 is 5.69 Å². The molecule has 112 valence electrons. The molecule has 3 rings (SSSR count). The highest BCUT2D eigenvalue weighted by Crippen LogP contribution is 2.18. The molecule has 6 heteroatoms. The van der Waals surface area contributed by atoms with E-state index in [1.807, 2.05) is 11.9 Å². The Balaban J connectivity index is 1.80. The number of fused-ring (bicyclic) bond motifs is 1. The van der Waals surface area contributed by atoms with Gasteiger partial charge in [0.1, 0.15) is 0 Å². The molecule has 0 atom stereocenters. The number of rotatable bonds is 2. The molecule has 0 saturated carbocycles. The second-order valence-corrected chi connectivity index (χ2v) is 5.79. The monoisotopic (exact) mass is 288 g/mol. The SMILES string of the molecule is CN1CCC(N(C)C(=O)c2ccc3[nH]c(=O)[nH]c3c2)CC1. The van der Waals surface area contributed by atoms with Crippen LogP contribution in [0.15, 0.2) is 23.0 Å². The molecule has 1 aliphatic rings. The number of H-pyrrole nitrogens is 2. The van der Waals surface area contributed by atoms with Gasteiger partial charge in [0.25, 0.3) is 5.91 Å². The first-order valence-corrected chi connectivity index (χ1v) is 7.22. The van der Waals surface area contributed by atoms with E-state index in [9.17, 15) is 9.59 Å². The standard InChI is InChI=1S/C15H20N4O2/c1-18-7-5-11(6-8-18)19(2)14(20)10-3-4-12-13(9-10)17-15(21)16-12/h3-4,9,11H,5-8H2,1-2H3,(H2,16,17,21). The van der Waals surface area contributed by atoms with Crippen LogP contribution in [0, 0.1) is 0 Å². The van der Waals surface area contributed by atoms with Crippen molar-refractivity contribution in [2.75, 3.05) is 27.2 Å². The first-order valence-electron chi connectivity index (χ1n) is 7.22. The summed E-state index contributed by atoms with van der Waals surface area (Å²) in [5, 5.41) is 0. The summed E-state index contributed by atoms with van der Waals surface area (Å²) < 4.78 is 0. The van der Waals surface area contributed by atoms with E-state index in [4.69, 9.17) is 0 Å². The minimum atomic E-state index is -0.252. The Hall–Kier alpha value is -2.08. The minimum Gasteiger partial charge on any atom is -0.339 e. The first-order chi connectivity index (χ1) is 10.0. The largest absolute Gasteiger partial charge is 0.339 e. The zero-order chi connectivity index (χ0) is 15.0. The number of aromatic amines is 2. The van der Waals surface area contributed by atoms with Gasteiger partial charge in [0.2, 0.25) is 0 Å². The average molecular weight is 288 g/mol. The maximum Gasteiger partial charge on any atom is 0.323 e. The molecule has 6 nitrogen and oxygen atoms in total. The predicted octanol–water partition coefficient (Wildman–Crippen LogP) is 1.02. The lowest BCUT2D eigenvalue weighted by molar-refractivity contribution is 0.0660. The number of benzene rings is 1. The molecule has 0 bridgehead atoms. The highest BCUT2D eigenvalue weighted by molar-refractivity contribution is 5.97. The maximum atomic E-state index is 12.6. The molecule has 0 spiro atoms. The molecule has 2 heterocycles. The van der Waals surface area contributed by atoms with Crippen molar-refractivity contribution >= 4 is 16.9 Å². The maximum absolute atomic E-state index is 12.6. The highest BCUT2D eigenvalue weighted by atomic mass is 16.2. The summed E-state index contributed by atoms with van der Waals surface area (Å²) in [6.07, 6.45) is 2.00. The molecular formula is C15H20N4O2. The summed E-state index contributed by atoms with van der Waals surface area (Å²) in [7, 11) is 3.97. The predicted molar refractivity (Wildman–Crippen MR) is 81.5 cm³/mol. The van der Waals surface area contributed by atoms with E-state index in [1.54, 1.807) is 18.2 Å². The molecule has 2 aromatic rings. The zero-order valence-electron chi connectivity index (χ0n) is 12.3. The Kier molecular flexibility index (Phi) is 3.55. The van der Waals surface area contributed by atoms with E-state index in [1.165, 1.54) is 0 Å². The summed E-state index contributed by atoms with van der Waals surface area (Å²) in [5.41, 5.74) is 1.75. The van der Waals surface area contributed by atoms with E-state index in [-0.39, 0.29) is 17.6 Å². The first kappa shape index (κ1) is 13.9. The second-order valence-electron chi connectivity index (χ2n) is 5.79. The third-order valence-corrected chi connectivity index (χ3v) is 4.32. The van der Waals surface area contributed by atoms with Crippen molar-refractivity contribution in [1.82, 2.24) is 19.8 Å². The number of amides is 1. The number of aromatic nitrogens is 2. The van der Waals surface area contributed by atoms with Gasteiger partial charge in [-0.1, -0.05) is 0 Å². The van der Waals surface area contributed by atoms with Gasteiger partial charge in [0.05, 0.1) is 11.0 Å². The Morgan fingerprint density at radius 1 is 1.24 bits per heavy atom. The molecule has 1 saturated heterocycles. The smallest absolute Gasteiger partial charge is 0.323 e. The number of imidazole rings is 1. The molecule has 1 amide bonds. The molecule has 0 aliphatic carbocycles. The fourth-order valence-corrected chi connectivity index (χ4v) is 2.92. The molecule has 1 aromatic carbocycles. The van der Waals surface area contributed by atoms with Gasteiger partial charge in [-0.15, -0.1) is 0 Å². The van der Waals surface area contributed by atoms with Crippen LogP contribution in [-0.4, -0.2) is 58.9 Å². The van der Waals surface area contributed by atoms with Crippen LogP contribution in [0.25, 0.3) is 11.0 Å². The van der Waals surface area contributed by atoms with Crippen LogP contribution in [0.4, 0.5) is 0 Å². The van der Waals surface area contributed by atoms with Crippen molar-refractivity contribution in [1.29, 1.82) is 0 Å². The van der Waals surface area contributed by atoms with Gasteiger partial charge < -0.3 is 19.8 Å². The Labute approximate surface area is 122 Å². The molecule has 2 N–H and O–H groups in total. The van der Waals surface area contributed by atoms with Crippen LogP contribution in [-0.2, 0) is 0 Å². The number of carbonyl (C=O) groups is 1. The van der Waals surface area contributed by atoms with E-state index >= 15 is 0 Å². The van der Waals surface area contributed by atoms with E-state index in [2.05, 4.69) is 21.9 Å². The lowest BCUT2D eigenvalue weighted by Gasteiger charge is -2.35. The van der Waals surface area contributed by atoms with E-state index < -0.39 is 0 Å². The van der Waals surface area contributed by atoms with Crippen molar-refractivity contribution in [3.05, 3.63) is 34.2 Å². The van der Waals surface area contributed by atoms with Crippen LogP contribution >= 0.6 is 0 Å². The van der Waals surface area contributed by atoms with E-state index in [0.717, 1.165) is 31.4 Å². The molecule has 0 radical (unpaired) electrons. The van der Waals surface area contributed by atoms with Gasteiger partial charge in [0, 0.05) is 18.7 Å². The van der Waals surface area contributed by atoms with Gasteiger partial charge in [0.15, 0.2) is 0 Å². The lowest BCUT2D eigenvalue weighted by atomic mass is 10.0. The van der Waals surface area contributed by atoms with Crippen LogP contribution in [0.3, 0.4) is 0 Å². The molecule has 0 unspecified atom stereocenters. The van der Waals surface area contributed by atoms with Gasteiger partial charge in [-0.05, 0) is 51.2 Å². The molecule has 1 aliphatic heterocycles. The average Bonchev–Trinajstić information content (AvgIpc) is 2.85. The van der Waals surface area contributed by atoms with Crippen molar-refractivity contribution in [3.63, 3.8) is 0 Å². The van der Waals surface area contributed by atoms with Gasteiger partial charge in [-0.2, -0.15) is 0 Å². The topological polar surface area (TPSA) is 72.2 Å². The number of piperidine rings is 1. The lowest BCUT2D eigenvalue weighted by Crippen LogP contribution is -2.44. The van der Waals surface area contributed by atoms with Crippen molar-refractivity contribution in [3.8, 4) is 0 Å². The molecule has 1 aromatic heterocycles.